The molecule has 1 spiro atoms. The van der Waals surface area contributed by atoms with E-state index in [0.717, 1.165) is 19.8 Å². The van der Waals surface area contributed by atoms with Crippen LogP contribution < -0.4 is 5.73 Å². The molecule has 1 aromatic carbocycles. The highest BCUT2D eigenvalue weighted by Gasteiger charge is 2.58. The Bertz CT molecular complexity index is 348. The maximum atomic E-state index is 5.96. The topological polar surface area (TPSA) is 35.2 Å². The molecule has 80 valence electrons. The minimum absolute atomic E-state index is 0.241. The van der Waals surface area contributed by atoms with Crippen molar-refractivity contribution in [2.45, 2.75) is 18.3 Å². The molecule has 0 unspecified atom stereocenters. The highest BCUT2D eigenvalue weighted by Crippen LogP contribution is 2.58. The van der Waals surface area contributed by atoms with Crippen molar-refractivity contribution in [3.63, 3.8) is 0 Å². The molecule has 1 saturated carbocycles. The van der Waals surface area contributed by atoms with E-state index < -0.39 is 0 Å². The molecule has 1 saturated heterocycles. The summed E-state index contributed by atoms with van der Waals surface area (Å²) in [7, 11) is 0. The van der Waals surface area contributed by atoms with Crippen LogP contribution in [0.5, 0.6) is 0 Å². The van der Waals surface area contributed by atoms with Gasteiger partial charge >= 0.3 is 0 Å². The lowest BCUT2D eigenvalue weighted by atomic mass is 9.49. The number of hydrogen-bond acceptors (Lipinski definition) is 2. The number of hydrogen-bond donors (Lipinski definition) is 1. The van der Waals surface area contributed by atoms with E-state index in [1.54, 1.807) is 0 Å². The molecular weight excluding hydrogens is 186 g/mol. The van der Waals surface area contributed by atoms with Crippen LogP contribution in [0.15, 0.2) is 30.3 Å². The summed E-state index contributed by atoms with van der Waals surface area (Å²) in [5.74, 6) is 0. The summed E-state index contributed by atoms with van der Waals surface area (Å²) in [6.07, 6.45) is 2.42. The predicted octanol–water partition coefficient (Wildman–Crippen LogP) is 1.69. The van der Waals surface area contributed by atoms with Gasteiger partial charge < -0.3 is 10.5 Å². The number of ether oxygens (including phenoxy) is 1. The lowest BCUT2D eigenvalue weighted by Gasteiger charge is -2.60. The first-order valence-electron chi connectivity index (χ1n) is 5.62. The predicted molar refractivity (Wildman–Crippen MR) is 59.7 cm³/mol. The van der Waals surface area contributed by atoms with E-state index in [2.05, 4.69) is 30.3 Å². The second kappa shape index (κ2) is 3.06. The van der Waals surface area contributed by atoms with E-state index in [1.807, 2.05) is 0 Å². The van der Waals surface area contributed by atoms with Crippen LogP contribution in [0.2, 0.25) is 0 Å². The Hall–Kier alpha value is -0.860. The highest BCUT2D eigenvalue weighted by atomic mass is 16.5. The molecule has 1 aliphatic carbocycles. The molecule has 2 heteroatoms. The molecule has 2 aliphatic rings. The molecule has 2 N–H and O–H groups in total. The quantitative estimate of drug-likeness (QED) is 0.794. The first kappa shape index (κ1) is 9.37. The number of nitrogens with two attached hydrogens (primary N) is 1. The fourth-order valence-corrected chi connectivity index (χ4v) is 3.24. The molecule has 3 rings (SSSR count). The van der Waals surface area contributed by atoms with Crippen LogP contribution >= 0.6 is 0 Å². The van der Waals surface area contributed by atoms with Gasteiger partial charge in [-0.25, -0.2) is 0 Å². The second-order valence-electron chi connectivity index (χ2n) is 5.20. The third-order valence-electron chi connectivity index (χ3n) is 4.02. The maximum absolute atomic E-state index is 5.96. The average molecular weight is 203 g/mol. The molecule has 0 amide bonds. The first-order chi connectivity index (χ1) is 7.29. The summed E-state index contributed by atoms with van der Waals surface area (Å²) in [4.78, 5) is 0. The number of benzene rings is 1. The summed E-state index contributed by atoms with van der Waals surface area (Å²) in [6.45, 7) is 2.65. The van der Waals surface area contributed by atoms with Crippen LogP contribution in [0.1, 0.15) is 18.4 Å². The summed E-state index contributed by atoms with van der Waals surface area (Å²) in [5, 5.41) is 0. The van der Waals surface area contributed by atoms with Crippen molar-refractivity contribution in [1.29, 1.82) is 0 Å². The standard InChI is InChI=1S/C13H17NO/c14-8-13(11-4-2-1-3-5-11)6-12(7-13)9-15-10-12/h1-5H,6-10,14H2. The van der Waals surface area contributed by atoms with Gasteiger partial charge in [-0.2, -0.15) is 0 Å². The van der Waals surface area contributed by atoms with Crippen molar-refractivity contribution in [2.24, 2.45) is 11.1 Å². The van der Waals surface area contributed by atoms with Crippen molar-refractivity contribution in [2.75, 3.05) is 19.8 Å². The molecule has 15 heavy (non-hydrogen) atoms. The monoisotopic (exact) mass is 203 g/mol. The lowest BCUT2D eigenvalue weighted by Crippen LogP contribution is -2.62. The van der Waals surface area contributed by atoms with E-state index in [-0.39, 0.29) is 5.41 Å². The van der Waals surface area contributed by atoms with E-state index >= 15 is 0 Å². The second-order valence-corrected chi connectivity index (χ2v) is 5.20. The minimum atomic E-state index is 0.241. The molecular formula is C13H17NO. The van der Waals surface area contributed by atoms with Gasteiger partial charge in [-0.1, -0.05) is 30.3 Å². The highest BCUT2D eigenvalue weighted by molar-refractivity contribution is 5.32. The van der Waals surface area contributed by atoms with Crippen LogP contribution in [0, 0.1) is 5.41 Å². The minimum Gasteiger partial charge on any atom is -0.380 e. The molecule has 1 aromatic rings. The van der Waals surface area contributed by atoms with Gasteiger partial charge in [0.2, 0.25) is 0 Å². The molecule has 0 aromatic heterocycles. The van der Waals surface area contributed by atoms with Crippen LogP contribution in [-0.2, 0) is 10.2 Å². The van der Waals surface area contributed by atoms with Crippen LogP contribution in [0.3, 0.4) is 0 Å². The Labute approximate surface area is 90.4 Å². The van der Waals surface area contributed by atoms with E-state index in [1.165, 1.54) is 18.4 Å². The van der Waals surface area contributed by atoms with Gasteiger partial charge in [-0.3, -0.25) is 0 Å². The molecule has 1 heterocycles. The zero-order valence-corrected chi connectivity index (χ0v) is 8.91. The summed E-state index contributed by atoms with van der Waals surface area (Å²) >= 11 is 0. The Morgan fingerprint density at radius 3 is 2.27 bits per heavy atom. The Kier molecular flexibility index (Phi) is 1.91. The van der Waals surface area contributed by atoms with Crippen molar-refractivity contribution in [3.8, 4) is 0 Å². The van der Waals surface area contributed by atoms with Crippen molar-refractivity contribution >= 4 is 0 Å². The van der Waals surface area contributed by atoms with Crippen LogP contribution in [-0.4, -0.2) is 19.8 Å². The Balaban J connectivity index is 1.84. The van der Waals surface area contributed by atoms with Gasteiger partial charge in [0, 0.05) is 17.4 Å². The van der Waals surface area contributed by atoms with Crippen molar-refractivity contribution in [1.82, 2.24) is 0 Å². The Morgan fingerprint density at radius 1 is 1.13 bits per heavy atom. The first-order valence-corrected chi connectivity index (χ1v) is 5.62. The van der Waals surface area contributed by atoms with E-state index in [9.17, 15) is 0 Å². The lowest BCUT2D eigenvalue weighted by molar-refractivity contribution is -0.187. The molecule has 0 atom stereocenters. The fourth-order valence-electron chi connectivity index (χ4n) is 3.24. The normalized spacial score (nSPS) is 25.7. The van der Waals surface area contributed by atoms with E-state index in [4.69, 9.17) is 10.5 Å². The van der Waals surface area contributed by atoms with Gasteiger partial charge in [-0.05, 0) is 18.4 Å². The van der Waals surface area contributed by atoms with Gasteiger partial charge in [-0.15, -0.1) is 0 Å². The summed E-state index contributed by atoms with van der Waals surface area (Å²) < 4.78 is 5.31. The molecule has 2 fully saturated rings. The third kappa shape index (κ3) is 1.25. The smallest absolute Gasteiger partial charge is 0.0545 e. The van der Waals surface area contributed by atoms with Crippen molar-refractivity contribution < 1.29 is 4.74 Å². The SMILES string of the molecule is NCC1(c2ccccc2)CC2(COC2)C1. The number of rotatable bonds is 2. The summed E-state index contributed by atoms with van der Waals surface area (Å²) in [6, 6.07) is 10.7. The van der Waals surface area contributed by atoms with Gasteiger partial charge in [0.05, 0.1) is 13.2 Å². The van der Waals surface area contributed by atoms with Crippen LogP contribution in [0.4, 0.5) is 0 Å². The van der Waals surface area contributed by atoms with Gasteiger partial charge in [0.15, 0.2) is 0 Å². The molecule has 2 nitrogen and oxygen atoms in total. The van der Waals surface area contributed by atoms with Gasteiger partial charge in [0.25, 0.3) is 0 Å². The largest absolute Gasteiger partial charge is 0.380 e. The average Bonchev–Trinajstić information content (AvgIpc) is 2.17. The fraction of sp³-hybridized carbons (Fsp3) is 0.538. The third-order valence-corrected chi connectivity index (χ3v) is 4.02. The zero-order valence-electron chi connectivity index (χ0n) is 8.91. The van der Waals surface area contributed by atoms with Crippen molar-refractivity contribution in [3.05, 3.63) is 35.9 Å². The zero-order chi connectivity index (χ0) is 10.4. The van der Waals surface area contributed by atoms with Gasteiger partial charge in [0.1, 0.15) is 0 Å². The molecule has 1 aliphatic heterocycles. The maximum Gasteiger partial charge on any atom is 0.0545 e. The van der Waals surface area contributed by atoms with Crippen LogP contribution in [0.25, 0.3) is 0 Å². The molecule has 0 radical (unpaired) electrons. The molecule has 0 bridgehead atoms. The van der Waals surface area contributed by atoms with E-state index in [0.29, 0.717) is 5.41 Å². The Morgan fingerprint density at radius 2 is 1.80 bits per heavy atom. The summed E-state index contributed by atoms with van der Waals surface area (Å²) in [5.41, 5.74) is 8.09.